The van der Waals surface area contributed by atoms with Gasteiger partial charge in [-0.3, -0.25) is 4.79 Å². The number of fused-ring (bicyclic) bond motifs is 1. The van der Waals surface area contributed by atoms with Crippen molar-refractivity contribution < 1.29 is 18.7 Å². The van der Waals surface area contributed by atoms with Crippen LogP contribution in [0.4, 0.5) is 0 Å². The summed E-state index contributed by atoms with van der Waals surface area (Å²) in [7, 11) is 0. The van der Waals surface area contributed by atoms with E-state index in [1.807, 2.05) is 0 Å². The van der Waals surface area contributed by atoms with E-state index in [1.54, 1.807) is 36.4 Å². The minimum absolute atomic E-state index is 0.0315. The van der Waals surface area contributed by atoms with Crippen molar-refractivity contribution in [2.75, 3.05) is 6.54 Å². The lowest BCUT2D eigenvalue weighted by atomic mass is 9.94. The number of para-hydroxylation sites is 1. The molecule has 4 rings (SSSR count). The lowest BCUT2D eigenvalue weighted by Gasteiger charge is -2.26. The molecule has 1 aromatic carbocycles. The third-order valence-corrected chi connectivity index (χ3v) is 4.61. The molecule has 0 spiro atoms. The van der Waals surface area contributed by atoms with Gasteiger partial charge in [-0.2, -0.15) is 0 Å². The van der Waals surface area contributed by atoms with E-state index >= 15 is 0 Å². The summed E-state index contributed by atoms with van der Waals surface area (Å²) in [6.07, 6.45) is 3.22. The first-order chi connectivity index (χ1) is 12.1. The molecule has 1 aliphatic carbocycles. The molecule has 1 atom stereocenters. The fraction of sp³-hybridized carbons (Fsp3) is 0.263. The first-order valence-electron chi connectivity index (χ1n) is 8.15. The molecule has 0 radical (unpaired) electrons. The van der Waals surface area contributed by atoms with Crippen LogP contribution in [0.25, 0.3) is 11.0 Å². The number of furan rings is 1. The second-order valence-corrected chi connectivity index (χ2v) is 6.34. The van der Waals surface area contributed by atoms with Crippen molar-refractivity contribution in [2.45, 2.75) is 18.4 Å². The number of hydrogen-bond donors (Lipinski definition) is 2. The first kappa shape index (κ1) is 15.7. The molecule has 2 N–H and O–H groups in total. The summed E-state index contributed by atoms with van der Waals surface area (Å²) < 4.78 is 10.5. The number of carbonyl (C=O) groups excluding carboxylic acids is 1. The van der Waals surface area contributed by atoms with Gasteiger partial charge in [-0.1, -0.05) is 18.2 Å². The molecule has 1 amide bonds. The van der Waals surface area contributed by atoms with Crippen LogP contribution in [-0.2, 0) is 5.60 Å². The molecule has 1 fully saturated rings. The fourth-order valence-corrected chi connectivity index (χ4v) is 3.05. The van der Waals surface area contributed by atoms with E-state index in [9.17, 15) is 14.7 Å². The highest BCUT2D eigenvalue weighted by molar-refractivity contribution is 5.96. The van der Waals surface area contributed by atoms with Gasteiger partial charge in [-0.25, -0.2) is 4.79 Å². The van der Waals surface area contributed by atoms with E-state index in [0.29, 0.717) is 16.7 Å². The van der Waals surface area contributed by atoms with Crippen LogP contribution in [0, 0.1) is 5.92 Å². The highest BCUT2D eigenvalue weighted by atomic mass is 16.4. The van der Waals surface area contributed by atoms with Crippen LogP contribution in [0.1, 0.15) is 29.0 Å². The van der Waals surface area contributed by atoms with E-state index in [4.69, 9.17) is 8.83 Å². The standard InChI is InChI=1S/C19H17NO5/c21-17(14-10-12-4-1-2-5-15(12)25-18(14)22)20-11-19(23,13-7-8-13)16-6-3-9-24-16/h1-6,9-10,13,23H,7-8,11H2,(H,20,21)/t19-/m0/s1. The zero-order chi connectivity index (χ0) is 17.4. The minimum atomic E-state index is -1.27. The second-order valence-electron chi connectivity index (χ2n) is 6.34. The van der Waals surface area contributed by atoms with Gasteiger partial charge in [0, 0.05) is 5.39 Å². The van der Waals surface area contributed by atoms with Gasteiger partial charge in [0.1, 0.15) is 22.5 Å². The van der Waals surface area contributed by atoms with Gasteiger partial charge in [0.2, 0.25) is 0 Å². The quantitative estimate of drug-likeness (QED) is 0.696. The van der Waals surface area contributed by atoms with Crippen LogP contribution >= 0.6 is 0 Å². The molecule has 3 aromatic rings. The van der Waals surface area contributed by atoms with Crippen LogP contribution < -0.4 is 10.9 Å². The molecule has 0 bridgehead atoms. The van der Waals surface area contributed by atoms with Gasteiger partial charge in [-0.15, -0.1) is 0 Å². The lowest BCUT2D eigenvalue weighted by Crippen LogP contribution is -2.43. The van der Waals surface area contributed by atoms with E-state index in [-0.39, 0.29) is 18.0 Å². The Balaban J connectivity index is 1.58. The summed E-state index contributed by atoms with van der Waals surface area (Å²) in [4.78, 5) is 24.5. The average molecular weight is 339 g/mol. The summed E-state index contributed by atoms with van der Waals surface area (Å²) in [6, 6.07) is 11.9. The predicted octanol–water partition coefficient (Wildman–Crippen LogP) is 2.41. The monoisotopic (exact) mass is 339 g/mol. The molecular formula is C19H17NO5. The van der Waals surface area contributed by atoms with E-state index in [2.05, 4.69) is 5.32 Å². The summed E-state index contributed by atoms with van der Waals surface area (Å²) >= 11 is 0. The van der Waals surface area contributed by atoms with Crippen molar-refractivity contribution >= 4 is 16.9 Å². The van der Waals surface area contributed by atoms with Crippen molar-refractivity contribution in [3.8, 4) is 0 Å². The average Bonchev–Trinajstić information content (AvgIpc) is 3.33. The molecule has 6 nitrogen and oxygen atoms in total. The molecule has 2 heterocycles. The molecular weight excluding hydrogens is 322 g/mol. The summed E-state index contributed by atoms with van der Waals surface area (Å²) in [5.74, 6) is -0.127. The fourth-order valence-electron chi connectivity index (χ4n) is 3.05. The third-order valence-electron chi connectivity index (χ3n) is 4.61. The van der Waals surface area contributed by atoms with Gasteiger partial charge in [0.05, 0.1) is 12.8 Å². The van der Waals surface area contributed by atoms with Crippen LogP contribution in [0.2, 0.25) is 0 Å². The Kier molecular flexibility index (Phi) is 3.69. The number of carbonyl (C=O) groups is 1. The van der Waals surface area contributed by atoms with Crippen molar-refractivity contribution in [3.05, 3.63) is 70.5 Å². The number of benzene rings is 1. The SMILES string of the molecule is O=C(NC[C@@](O)(c1ccco1)C1CC1)c1cc2ccccc2oc1=O. The van der Waals surface area contributed by atoms with E-state index in [0.717, 1.165) is 12.8 Å². The smallest absolute Gasteiger partial charge is 0.349 e. The molecule has 1 aliphatic rings. The minimum Gasteiger partial charge on any atom is -0.466 e. The Labute approximate surface area is 143 Å². The van der Waals surface area contributed by atoms with Crippen molar-refractivity contribution in [3.63, 3.8) is 0 Å². The Bertz CT molecular complexity index is 971. The van der Waals surface area contributed by atoms with Gasteiger partial charge < -0.3 is 19.3 Å². The molecule has 0 aliphatic heterocycles. The largest absolute Gasteiger partial charge is 0.466 e. The maximum absolute atomic E-state index is 12.5. The molecule has 2 aromatic heterocycles. The number of aliphatic hydroxyl groups is 1. The Morgan fingerprint density at radius 1 is 1.24 bits per heavy atom. The van der Waals surface area contributed by atoms with E-state index < -0.39 is 17.1 Å². The summed E-state index contributed by atoms with van der Waals surface area (Å²) in [5.41, 5.74) is -1.63. The van der Waals surface area contributed by atoms with Crippen LogP contribution in [-0.4, -0.2) is 17.6 Å². The first-order valence-corrected chi connectivity index (χ1v) is 8.15. The second kappa shape index (κ2) is 5.89. The van der Waals surface area contributed by atoms with E-state index in [1.165, 1.54) is 12.3 Å². The lowest BCUT2D eigenvalue weighted by molar-refractivity contribution is -0.00613. The third kappa shape index (κ3) is 2.85. The molecule has 25 heavy (non-hydrogen) atoms. The zero-order valence-corrected chi connectivity index (χ0v) is 13.4. The summed E-state index contributed by atoms with van der Waals surface area (Å²) in [6.45, 7) is -0.0315. The Morgan fingerprint density at radius 2 is 2.04 bits per heavy atom. The molecule has 0 unspecified atom stereocenters. The van der Waals surface area contributed by atoms with Crippen LogP contribution in [0.5, 0.6) is 0 Å². The highest BCUT2D eigenvalue weighted by Crippen LogP contribution is 2.45. The topological polar surface area (TPSA) is 92.7 Å². The molecule has 0 saturated heterocycles. The number of amides is 1. The summed E-state index contributed by atoms with van der Waals surface area (Å²) in [5, 5.41) is 14.2. The van der Waals surface area contributed by atoms with Crippen molar-refractivity contribution in [2.24, 2.45) is 5.92 Å². The van der Waals surface area contributed by atoms with Crippen LogP contribution in [0.15, 0.2) is 62.4 Å². The molecule has 1 saturated carbocycles. The maximum Gasteiger partial charge on any atom is 0.349 e. The maximum atomic E-state index is 12.5. The highest BCUT2D eigenvalue weighted by Gasteiger charge is 2.47. The normalized spacial score (nSPS) is 16.5. The Hall–Kier alpha value is -2.86. The van der Waals surface area contributed by atoms with Gasteiger partial charge >= 0.3 is 5.63 Å². The number of nitrogens with one attached hydrogen (secondary N) is 1. The van der Waals surface area contributed by atoms with Gasteiger partial charge in [-0.05, 0) is 43.0 Å². The zero-order valence-electron chi connectivity index (χ0n) is 13.4. The van der Waals surface area contributed by atoms with Crippen molar-refractivity contribution in [1.82, 2.24) is 5.32 Å². The molecule has 128 valence electrons. The van der Waals surface area contributed by atoms with Crippen molar-refractivity contribution in [1.29, 1.82) is 0 Å². The predicted molar refractivity (Wildman–Crippen MR) is 90.1 cm³/mol. The van der Waals surface area contributed by atoms with Crippen LogP contribution in [0.3, 0.4) is 0 Å². The number of rotatable bonds is 5. The molecule has 6 heteroatoms. The van der Waals surface area contributed by atoms with Gasteiger partial charge in [0.15, 0.2) is 0 Å². The number of hydrogen-bond acceptors (Lipinski definition) is 5. The van der Waals surface area contributed by atoms with Gasteiger partial charge in [0.25, 0.3) is 5.91 Å². The Morgan fingerprint density at radius 3 is 2.76 bits per heavy atom.